The molecule has 2 heterocycles. The molecular weight excluding hydrogens is 626 g/mol. The minimum Gasteiger partial charge on any atom is -0.507 e. The number of nitrogens with zero attached hydrogens (tertiary/aromatic N) is 3. The molecule has 1 amide bonds. The van der Waals surface area contributed by atoms with Crippen LogP contribution in [-0.2, 0) is 15.3 Å². The number of ketones is 1. The fourth-order valence-electron chi connectivity index (χ4n) is 5.32. The van der Waals surface area contributed by atoms with E-state index in [4.69, 9.17) is 9.47 Å². The number of halogens is 1. The van der Waals surface area contributed by atoms with Crippen molar-refractivity contribution < 1.29 is 28.6 Å². The summed E-state index contributed by atoms with van der Waals surface area (Å²) < 4.78 is 26.1. The fourth-order valence-corrected chi connectivity index (χ4v) is 7.19. The van der Waals surface area contributed by atoms with E-state index in [9.17, 15) is 19.1 Å². The highest BCUT2D eigenvalue weighted by molar-refractivity contribution is 8.00. The van der Waals surface area contributed by atoms with Crippen LogP contribution < -0.4 is 14.4 Å². The Hall–Kier alpha value is -4.74. The third-order valence-electron chi connectivity index (χ3n) is 7.44. The molecule has 11 heteroatoms. The summed E-state index contributed by atoms with van der Waals surface area (Å²) in [5.41, 5.74) is 1.67. The lowest BCUT2D eigenvalue weighted by molar-refractivity contribution is -0.132. The van der Waals surface area contributed by atoms with Gasteiger partial charge in [0, 0.05) is 11.3 Å². The first kappa shape index (κ1) is 31.3. The first-order chi connectivity index (χ1) is 22.4. The van der Waals surface area contributed by atoms with Crippen LogP contribution in [0.5, 0.6) is 11.5 Å². The molecule has 1 aliphatic heterocycles. The third kappa shape index (κ3) is 6.20. The van der Waals surface area contributed by atoms with E-state index in [1.165, 1.54) is 52.3 Å². The van der Waals surface area contributed by atoms with E-state index < -0.39 is 29.3 Å². The van der Waals surface area contributed by atoms with Gasteiger partial charge in [-0.1, -0.05) is 78.6 Å². The molecule has 0 radical (unpaired) electrons. The second-order valence-electron chi connectivity index (χ2n) is 10.4. The topological polar surface area (TPSA) is 102 Å². The monoisotopic (exact) mass is 655 g/mol. The van der Waals surface area contributed by atoms with Gasteiger partial charge >= 0.3 is 5.91 Å². The van der Waals surface area contributed by atoms with E-state index in [-0.39, 0.29) is 16.3 Å². The maximum absolute atomic E-state index is 13.7. The zero-order chi connectivity index (χ0) is 32.2. The number of fused-ring (bicyclic) bond motifs is 1. The van der Waals surface area contributed by atoms with E-state index in [2.05, 4.69) is 34.5 Å². The van der Waals surface area contributed by atoms with Crippen molar-refractivity contribution in [1.82, 2.24) is 10.2 Å². The van der Waals surface area contributed by atoms with Gasteiger partial charge in [-0.05, 0) is 71.6 Å². The molecule has 1 aliphatic rings. The maximum atomic E-state index is 13.7. The lowest BCUT2D eigenvalue weighted by atomic mass is 9.95. The first-order valence-corrected chi connectivity index (χ1v) is 16.6. The number of aromatic nitrogens is 2. The number of aliphatic hydroxyl groups is 1. The van der Waals surface area contributed by atoms with Gasteiger partial charge in [0.2, 0.25) is 5.13 Å². The summed E-state index contributed by atoms with van der Waals surface area (Å²) in [4.78, 5) is 28.6. The van der Waals surface area contributed by atoms with Crippen LogP contribution in [-0.4, -0.2) is 40.2 Å². The van der Waals surface area contributed by atoms with Gasteiger partial charge in [-0.25, -0.2) is 4.39 Å². The van der Waals surface area contributed by atoms with Crippen molar-refractivity contribution >= 4 is 56.5 Å². The van der Waals surface area contributed by atoms with Crippen molar-refractivity contribution in [2.24, 2.45) is 0 Å². The third-order valence-corrected chi connectivity index (χ3v) is 9.54. The van der Waals surface area contributed by atoms with Gasteiger partial charge in [0.15, 0.2) is 15.8 Å². The highest BCUT2D eigenvalue weighted by Gasteiger charge is 2.48. The minimum absolute atomic E-state index is 0.151. The van der Waals surface area contributed by atoms with Crippen LogP contribution in [0.4, 0.5) is 9.52 Å². The average molecular weight is 656 g/mol. The van der Waals surface area contributed by atoms with Crippen LogP contribution in [0.1, 0.15) is 43.0 Å². The molecule has 0 bridgehead atoms. The van der Waals surface area contributed by atoms with E-state index in [0.29, 0.717) is 40.4 Å². The highest BCUT2D eigenvalue weighted by atomic mass is 32.2. The summed E-state index contributed by atoms with van der Waals surface area (Å²) in [5.74, 6) is -1.10. The van der Waals surface area contributed by atoms with Crippen molar-refractivity contribution in [3.05, 3.63) is 113 Å². The van der Waals surface area contributed by atoms with Crippen molar-refractivity contribution in [2.45, 2.75) is 36.4 Å². The summed E-state index contributed by atoms with van der Waals surface area (Å²) in [5, 5.41) is 22.5. The van der Waals surface area contributed by atoms with Crippen LogP contribution in [0.3, 0.4) is 0 Å². The Morgan fingerprint density at radius 1 is 0.957 bits per heavy atom. The quantitative estimate of drug-likeness (QED) is 0.0503. The summed E-state index contributed by atoms with van der Waals surface area (Å²) in [7, 11) is 0. The molecular formula is C35H30FN3O5S2. The van der Waals surface area contributed by atoms with Crippen LogP contribution in [0, 0.1) is 5.82 Å². The summed E-state index contributed by atoms with van der Waals surface area (Å²) in [6.45, 7) is 4.67. The Morgan fingerprint density at radius 3 is 2.52 bits per heavy atom. The van der Waals surface area contributed by atoms with Crippen molar-refractivity contribution in [1.29, 1.82) is 0 Å². The Morgan fingerprint density at radius 2 is 1.74 bits per heavy atom. The van der Waals surface area contributed by atoms with Crippen LogP contribution in [0.15, 0.2) is 94.8 Å². The number of hydrogen-bond acceptors (Lipinski definition) is 9. The summed E-state index contributed by atoms with van der Waals surface area (Å²) in [6, 6.07) is 23.4. The van der Waals surface area contributed by atoms with Gasteiger partial charge in [0.25, 0.3) is 5.78 Å². The molecule has 1 saturated heterocycles. The Balaban J connectivity index is 1.40. The molecule has 6 rings (SSSR count). The number of ether oxygens (including phenoxy) is 2. The molecule has 46 heavy (non-hydrogen) atoms. The predicted molar refractivity (Wildman–Crippen MR) is 178 cm³/mol. The van der Waals surface area contributed by atoms with Gasteiger partial charge in [-0.3, -0.25) is 14.5 Å². The van der Waals surface area contributed by atoms with Crippen molar-refractivity contribution in [3.8, 4) is 11.5 Å². The second-order valence-corrected chi connectivity index (χ2v) is 12.6. The molecule has 1 fully saturated rings. The minimum atomic E-state index is -1.06. The SMILES string of the molecule is CCCOc1ccc(C2C(=C(O)c3ccc(F)cc3)C(=O)C(=O)N2c2nnc(SCc3cccc4ccccc34)s2)cc1OCC. The van der Waals surface area contributed by atoms with Crippen LogP contribution in [0.2, 0.25) is 0 Å². The van der Waals surface area contributed by atoms with Gasteiger partial charge < -0.3 is 14.6 Å². The summed E-state index contributed by atoms with van der Waals surface area (Å²) >= 11 is 2.66. The molecule has 1 aromatic heterocycles. The molecule has 1 atom stereocenters. The van der Waals surface area contributed by atoms with E-state index >= 15 is 0 Å². The number of benzene rings is 4. The molecule has 5 aromatic rings. The van der Waals surface area contributed by atoms with Crippen molar-refractivity contribution in [3.63, 3.8) is 0 Å². The number of thioether (sulfide) groups is 1. The van der Waals surface area contributed by atoms with E-state index in [1.807, 2.05) is 32.0 Å². The number of anilines is 1. The lowest BCUT2D eigenvalue weighted by Gasteiger charge is -2.23. The number of carbonyl (C=O) groups is 2. The first-order valence-electron chi connectivity index (χ1n) is 14.8. The summed E-state index contributed by atoms with van der Waals surface area (Å²) in [6.07, 6.45) is 0.795. The van der Waals surface area contributed by atoms with Crippen LogP contribution in [0.25, 0.3) is 16.5 Å². The Labute approximate surface area is 273 Å². The number of aliphatic hydroxyl groups excluding tert-OH is 1. The zero-order valence-corrected chi connectivity index (χ0v) is 26.7. The number of rotatable bonds is 11. The maximum Gasteiger partial charge on any atom is 0.301 e. The fraction of sp³-hybridized carbons (Fsp3) is 0.200. The molecule has 0 saturated carbocycles. The van der Waals surface area contributed by atoms with E-state index in [0.717, 1.165) is 22.8 Å². The number of Topliss-reactive ketones (excluding diaryl/α,β-unsaturated/α-hetero) is 1. The number of amides is 1. The largest absolute Gasteiger partial charge is 0.507 e. The van der Waals surface area contributed by atoms with Gasteiger partial charge in [0.1, 0.15) is 11.6 Å². The zero-order valence-electron chi connectivity index (χ0n) is 25.1. The number of hydrogen-bond donors (Lipinski definition) is 1. The molecule has 1 unspecified atom stereocenters. The molecule has 8 nitrogen and oxygen atoms in total. The normalized spacial score (nSPS) is 15.9. The van der Waals surface area contributed by atoms with E-state index in [1.54, 1.807) is 18.2 Å². The number of carbonyl (C=O) groups excluding carboxylic acids is 2. The Bertz CT molecular complexity index is 1940. The molecule has 0 aliphatic carbocycles. The van der Waals surface area contributed by atoms with Crippen molar-refractivity contribution in [2.75, 3.05) is 18.1 Å². The smallest absolute Gasteiger partial charge is 0.301 e. The van der Waals surface area contributed by atoms with Crippen LogP contribution >= 0.6 is 23.1 Å². The molecule has 4 aromatic carbocycles. The Kier molecular flexibility index (Phi) is 9.32. The van der Waals surface area contributed by atoms with Gasteiger partial charge in [-0.15, -0.1) is 10.2 Å². The molecule has 0 spiro atoms. The van der Waals surface area contributed by atoms with Gasteiger partial charge in [-0.2, -0.15) is 0 Å². The second kappa shape index (κ2) is 13.7. The molecule has 1 N–H and O–H groups in total. The molecule has 234 valence electrons. The van der Waals surface area contributed by atoms with Gasteiger partial charge in [0.05, 0.1) is 24.8 Å². The average Bonchev–Trinajstić information content (AvgIpc) is 3.64. The standard InChI is InChI=1S/C35H30FN3O5S2/c1-3-18-44-27-17-14-23(19-28(27)43-4-2)30-29(31(40)22-12-15-25(36)16-13-22)32(41)33(42)39(30)34-37-38-35(46-34)45-20-24-10-7-9-21-8-5-6-11-26(21)24/h5-17,19,30,40H,3-4,18,20H2,1-2H3. The predicted octanol–water partition coefficient (Wildman–Crippen LogP) is 7.94. The lowest BCUT2D eigenvalue weighted by Crippen LogP contribution is -2.29. The highest BCUT2D eigenvalue weighted by Crippen LogP contribution is 2.46.